The molecule has 2 aromatic rings. The average molecular weight is 373 g/mol. The summed E-state index contributed by atoms with van der Waals surface area (Å²) in [7, 11) is 0. The molecule has 0 heterocycles. The summed E-state index contributed by atoms with van der Waals surface area (Å²) in [6.07, 6.45) is 1.28. The minimum absolute atomic E-state index is 0.0182. The molecule has 2 N–H and O–H groups in total. The Balaban J connectivity index is 1.81. The SMILES string of the molecule is CCCC(=O)Nc1ccc(SCC(=O)Nc2ccc([N+](=O)[O-])cc2)cc1. The van der Waals surface area contributed by atoms with Crippen LogP contribution in [0.1, 0.15) is 19.8 Å². The fourth-order valence-electron chi connectivity index (χ4n) is 2.10. The van der Waals surface area contributed by atoms with Crippen LogP contribution >= 0.6 is 11.8 Å². The fraction of sp³-hybridized carbons (Fsp3) is 0.222. The van der Waals surface area contributed by atoms with Gasteiger partial charge in [-0.05, 0) is 42.8 Å². The van der Waals surface area contributed by atoms with E-state index in [1.54, 1.807) is 12.1 Å². The number of amides is 2. The van der Waals surface area contributed by atoms with Gasteiger partial charge in [0.2, 0.25) is 11.8 Å². The Kier molecular flexibility index (Phi) is 7.16. The first-order valence-electron chi connectivity index (χ1n) is 8.05. The lowest BCUT2D eigenvalue weighted by atomic mass is 10.3. The second-order valence-corrected chi connectivity index (χ2v) is 6.51. The molecule has 0 aliphatic carbocycles. The highest BCUT2D eigenvalue weighted by molar-refractivity contribution is 8.00. The van der Waals surface area contributed by atoms with Gasteiger partial charge in [0.15, 0.2) is 0 Å². The van der Waals surface area contributed by atoms with Gasteiger partial charge in [0.1, 0.15) is 0 Å². The molecule has 136 valence electrons. The largest absolute Gasteiger partial charge is 0.326 e. The van der Waals surface area contributed by atoms with E-state index in [4.69, 9.17) is 0 Å². The summed E-state index contributed by atoms with van der Waals surface area (Å²) in [5, 5.41) is 16.1. The third kappa shape index (κ3) is 6.21. The van der Waals surface area contributed by atoms with E-state index in [1.807, 2.05) is 19.1 Å². The minimum atomic E-state index is -0.490. The lowest BCUT2D eigenvalue weighted by Crippen LogP contribution is -2.13. The van der Waals surface area contributed by atoms with Crippen LogP contribution in [0.5, 0.6) is 0 Å². The molecule has 0 aliphatic heterocycles. The summed E-state index contributed by atoms with van der Waals surface area (Å²) in [6, 6.07) is 12.9. The molecule has 0 atom stereocenters. The summed E-state index contributed by atoms with van der Waals surface area (Å²) >= 11 is 1.36. The van der Waals surface area contributed by atoms with Crippen LogP contribution in [0.3, 0.4) is 0 Å². The summed E-state index contributed by atoms with van der Waals surface area (Å²) in [4.78, 5) is 34.5. The lowest BCUT2D eigenvalue weighted by Gasteiger charge is -2.07. The number of anilines is 2. The molecular weight excluding hydrogens is 354 g/mol. The third-order valence-corrected chi connectivity index (χ3v) is 4.36. The quantitative estimate of drug-likeness (QED) is 0.413. The van der Waals surface area contributed by atoms with E-state index in [2.05, 4.69) is 10.6 Å². The van der Waals surface area contributed by atoms with Crippen LogP contribution in [0, 0.1) is 10.1 Å². The molecule has 2 amide bonds. The second kappa shape index (κ2) is 9.57. The Bertz CT molecular complexity index is 776. The number of non-ortho nitro benzene ring substituents is 1. The van der Waals surface area contributed by atoms with Gasteiger partial charge in [-0.2, -0.15) is 0 Å². The maximum atomic E-state index is 12.0. The van der Waals surface area contributed by atoms with Crippen molar-refractivity contribution in [2.24, 2.45) is 0 Å². The van der Waals surface area contributed by atoms with Crippen molar-refractivity contribution >= 4 is 40.6 Å². The van der Waals surface area contributed by atoms with Crippen LogP contribution in [-0.4, -0.2) is 22.5 Å². The molecule has 0 saturated carbocycles. The first-order chi connectivity index (χ1) is 12.5. The molecule has 0 spiro atoms. The fourth-order valence-corrected chi connectivity index (χ4v) is 2.80. The third-order valence-electron chi connectivity index (χ3n) is 3.35. The van der Waals surface area contributed by atoms with E-state index in [9.17, 15) is 19.7 Å². The molecular formula is C18H19N3O4S. The number of nitrogens with zero attached hydrogens (tertiary/aromatic N) is 1. The summed E-state index contributed by atoms with van der Waals surface area (Å²) in [6.45, 7) is 1.95. The lowest BCUT2D eigenvalue weighted by molar-refractivity contribution is -0.384. The molecule has 2 rings (SSSR count). The van der Waals surface area contributed by atoms with E-state index in [-0.39, 0.29) is 23.3 Å². The molecule has 8 heteroatoms. The monoisotopic (exact) mass is 373 g/mol. The van der Waals surface area contributed by atoms with Crippen molar-refractivity contribution in [2.75, 3.05) is 16.4 Å². The standard InChI is InChI=1S/C18H19N3O4S/c1-2-3-17(22)19-14-6-10-16(11-7-14)26-12-18(23)20-13-4-8-15(9-5-13)21(24)25/h4-11H,2-3,12H2,1H3,(H,19,22)(H,20,23). The van der Waals surface area contributed by atoms with Crippen molar-refractivity contribution in [1.29, 1.82) is 0 Å². The average Bonchev–Trinajstić information content (AvgIpc) is 2.62. The van der Waals surface area contributed by atoms with Gasteiger partial charge in [-0.15, -0.1) is 11.8 Å². The summed E-state index contributed by atoms with van der Waals surface area (Å²) in [5.41, 5.74) is 1.21. The number of rotatable bonds is 8. The number of carbonyl (C=O) groups excluding carboxylic acids is 2. The van der Waals surface area contributed by atoms with Crippen molar-refractivity contribution in [2.45, 2.75) is 24.7 Å². The van der Waals surface area contributed by atoms with Crippen LogP contribution in [0.25, 0.3) is 0 Å². The molecule has 7 nitrogen and oxygen atoms in total. The maximum Gasteiger partial charge on any atom is 0.269 e. The number of nitrogens with one attached hydrogen (secondary N) is 2. The molecule has 0 saturated heterocycles. The topological polar surface area (TPSA) is 101 Å². The molecule has 2 aromatic carbocycles. The molecule has 0 aliphatic rings. The number of nitro groups is 1. The Hall–Kier alpha value is -2.87. The normalized spacial score (nSPS) is 10.2. The number of carbonyl (C=O) groups is 2. The number of nitro benzene ring substituents is 1. The van der Waals surface area contributed by atoms with Crippen molar-refractivity contribution in [3.05, 3.63) is 58.6 Å². The van der Waals surface area contributed by atoms with Gasteiger partial charge in [-0.3, -0.25) is 19.7 Å². The minimum Gasteiger partial charge on any atom is -0.326 e. The Morgan fingerprint density at radius 1 is 0.962 bits per heavy atom. The van der Waals surface area contributed by atoms with E-state index in [0.717, 1.165) is 17.0 Å². The van der Waals surface area contributed by atoms with Gasteiger partial charge in [0, 0.05) is 34.8 Å². The van der Waals surface area contributed by atoms with Gasteiger partial charge in [0.25, 0.3) is 5.69 Å². The number of thioether (sulfide) groups is 1. The predicted octanol–water partition coefficient (Wildman–Crippen LogP) is 4.06. The van der Waals surface area contributed by atoms with Crippen LogP contribution in [0.15, 0.2) is 53.4 Å². The first kappa shape index (κ1) is 19.5. The van der Waals surface area contributed by atoms with E-state index >= 15 is 0 Å². The zero-order valence-corrected chi connectivity index (χ0v) is 15.0. The van der Waals surface area contributed by atoms with E-state index in [0.29, 0.717) is 12.1 Å². The Morgan fingerprint density at radius 3 is 2.04 bits per heavy atom. The highest BCUT2D eigenvalue weighted by atomic mass is 32.2. The van der Waals surface area contributed by atoms with Gasteiger partial charge < -0.3 is 10.6 Å². The summed E-state index contributed by atoms with van der Waals surface area (Å²) < 4.78 is 0. The number of hydrogen-bond acceptors (Lipinski definition) is 5. The summed E-state index contributed by atoms with van der Waals surface area (Å²) in [5.74, 6) is -0.0158. The molecule has 0 aromatic heterocycles. The zero-order valence-electron chi connectivity index (χ0n) is 14.2. The van der Waals surface area contributed by atoms with Crippen LogP contribution < -0.4 is 10.6 Å². The highest BCUT2D eigenvalue weighted by Crippen LogP contribution is 2.21. The van der Waals surface area contributed by atoms with Crippen molar-refractivity contribution < 1.29 is 14.5 Å². The Labute approximate surface area is 155 Å². The van der Waals surface area contributed by atoms with E-state index in [1.165, 1.54) is 36.0 Å². The van der Waals surface area contributed by atoms with Crippen LogP contribution in [0.2, 0.25) is 0 Å². The van der Waals surface area contributed by atoms with Gasteiger partial charge in [-0.1, -0.05) is 6.92 Å². The van der Waals surface area contributed by atoms with Crippen molar-refractivity contribution in [1.82, 2.24) is 0 Å². The first-order valence-corrected chi connectivity index (χ1v) is 9.03. The van der Waals surface area contributed by atoms with E-state index < -0.39 is 4.92 Å². The number of benzene rings is 2. The predicted molar refractivity (Wildman–Crippen MR) is 102 cm³/mol. The van der Waals surface area contributed by atoms with Gasteiger partial charge >= 0.3 is 0 Å². The molecule has 0 unspecified atom stereocenters. The van der Waals surface area contributed by atoms with Crippen LogP contribution in [-0.2, 0) is 9.59 Å². The van der Waals surface area contributed by atoms with Gasteiger partial charge in [0.05, 0.1) is 10.7 Å². The smallest absolute Gasteiger partial charge is 0.269 e. The Morgan fingerprint density at radius 2 is 1.50 bits per heavy atom. The molecule has 0 bridgehead atoms. The van der Waals surface area contributed by atoms with Crippen molar-refractivity contribution in [3.63, 3.8) is 0 Å². The number of hydrogen-bond donors (Lipinski definition) is 2. The highest BCUT2D eigenvalue weighted by Gasteiger charge is 2.07. The molecule has 0 fully saturated rings. The molecule has 26 heavy (non-hydrogen) atoms. The zero-order chi connectivity index (χ0) is 18.9. The maximum absolute atomic E-state index is 12.0. The van der Waals surface area contributed by atoms with Crippen LogP contribution in [0.4, 0.5) is 17.1 Å². The van der Waals surface area contributed by atoms with Gasteiger partial charge in [-0.25, -0.2) is 0 Å². The molecule has 0 radical (unpaired) electrons. The second-order valence-electron chi connectivity index (χ2n) is 5.46. The van der Waals surface area contributed by atoms with Crippen molar-refractivity contribution in [3.8, 4) is 0 Å².